The van der Waals surface area contributed by atoms with E-state index in [9.17, 15) is 14.4 Å². The molecule has 1 rings (SSSR count). The topological polar surface area (TPSA) is 102 Å². The van der Waals surface area contributed by atoms with E-state index in [2.05, 4.69) is 5.32 Å². The first-order valence-electron chi connectivity index (χ1n) is 8.29. The Labute approximate surface area is 165 Å². The highest BCUT2D eigenvalue weighted by Gasteiger charge is 2.19. The summed E-state index contributed by atoms with van der Waals surface area (Å²) in [4.78, 5) is 32.5. The Morgan fingerprint density at radius 2 is 1.56 bits per heavy atom. The van der Waals surface area contributed by atoms with Crippen LogP contribution in [0.25, 0.3) is 0 Å². The molecule has 0 heterocycles. The Hall–Kier alpha value is -2.28. The Balaban J connectivity index is 0.000000516. The van der Waals surface area contributed by atoms with E-state index in [1.807, 2.05) is 33.8 Å². The summed E-state index contributed by atoms with van der Waals surface area (Å²) in [7, 11) is 0. The van der Waals surface area contributed by atoms with Crippen molar-refractivity contribution in [2.45, 2.75) is 59.7 Å². The number of carbonyl (C=O) groups excluding carboxylic acids is 2. The van der Waals surface area contributed by atoms with Gasteiger partial charge in [0.15, 0.2) is 0 Å². The molecule has 0 fully saturated rings. The summed E-state index contributed by atoms with van der Waals surface area (Å²) >= 11 is 5.95. The lowest BCUT2D eigenvalue weighted by atomic mass is 10.1. The van der Waals surface area contributed by atoms with Gasteiger partial charge in [0, 0.05) is 0 Å². The zero-order valence-electron chi connectivity index (χ0n) is 16.8. The fourth-order valence-electron chi connectivity index (χ4n) is 1.58. The Morgan fingerprint density at radius 1 is 1.04 bits per heavy atom. The molecule has 0 unspecified atom stereocenters. The summed E-state index contributed by atoms with van der Waals surface area (Å²) in [6.07, 6.45) is -0.718. The van der Waals surface area contributed by atoms with Gasteiger partial charge >= 0.3 is 18.0 Å². The molecule has 0 aliphatic rings. The van der Waals surface area contributed by atoms with Crippen molar-refractivity contribution in [1.82, 2.24) is 5.32 Å². The maximum atomic E-state index is 11.7. The summed E-state index contributed by atoms with van der Waals surface area (Å²) in [5.41, 5.74) is 0.345. The molecule has 0 spiro atoms. The molecule has 152 valence electrons. The van der Waals surface area contributed by atoms with Crippen LogP contribution < -0.4 is 5.32 Å². The molecule has 0 aliphatic carbocycles. The number of hydrogen-bond acceptors (Lipinski definition) is 5. The van der Waals surface area contributed by atoms with E-state index in [0.717, 1.165) is 5.56 Å². The van der Waals surface area contributed by atoms with Crippen molar-refractivity contribution in [1.29, 1.82) is 0 Å². The van der Waals surface area contributed by atoms with Gasteiger partial charge in [-0.2, -0.15) is 0 Å². The monoisotopic (exact) mass is 401 g/mol. The van der Waals surface area contributed by atoms with Gasteiger partial charge in [-0.1, -0.05) is 17.7 Å². The molecule has 0 radical (unpaired) electrons. The number of ether oxygens (including phenoxy) is 2. The number of esters is 1. The van der Waals surface area contributed by atoms with Gasteiger partial charge in [0.1, 0.15) is 17.7 Å². The molecule has 0 saturated carbocycles. The summed E-state index contributed by atoms with van der Waals surface area (Å²) in [5.74, 6) is -1.48. The minimum absolute atomic E-state index is 0.382. The van der Waals surface area contributed by atoms with Gasteiger partial charge in [-0.3, -0.25) is 4.79 Å². The van der Waals surface area contributed by atoms with E-state index < -0.39 is 29.8 Å². The highest BCUT2D eigenvalue weighted by Crippen LogP contribution is 2.20. The minimum atomic E-state index is -1.10. The van der Waals surface area contributed by atoms with Crippen LogP contribution in [0.5, 0.6) is 0 Å². The predicted molar refractivity (Wildman–Crippen MR) is 103 cm³/mol. The first kappa shape index (κ1) is 24.7. The second-order valence-electron chi connectivity index (χ2n) is 7.73. The molecule has 0 bridgehead atoms. The Morgan fingerprint density at radius 3 is 1.96 bits per heavy atom. The first-order chi connectivity index (χ1) is 12.1. The largest absolute Gasteiger partial charge is 0.480 e. The molecule has 2 N–H and O–H groups in total. The number of carboxylic acids is 1. The zero-order chi connectivity index (χ0) is 21.4. The van der Waals surface area contributed by atoms with E-state index in [-0.39, 0.29) is 5.97 Å². The third-order valence-electron chi connectivity index (χ3n) is 2.53. The summed E-state index contributed by atoms with van der Waals surface area (Å²) in [5, 5.41) is 10.7. The van der Waals surface area contributed by atoms with Gasteiger partial charge in [-0.25, -0.2) is 9.59 Å². The number of carboxylic acid groups (broad SMARTS) is 1. The van der Waals surface area contributed by atoms with Gasteiger partial charge in [0.2, 0.25) is 0 Å². The van der Waals surface area contributed by atoms with Gasteiger partial charge in [-0.05, 0) is 66.2 Å². The Kier molecular flexibility index (Phi) is 9.30. The van der Waals surface area contributed by atoms with Gasteiger partial charge in [0.05, 0.1) is 10.6 Å². The zero-order valence-corrected chi connectivity index (χ0v) is 17.6. The van der Waals surface area contributed by atoms with Crippen LogP contribution in [0.15, 0.2) is 18.2 Å². The van der Waals surface area contributed by atoms with Crippen LogP contribution in [0.1, 0.15) is 57.5 Å². The lowest BCUT2D eigenvalue weighted by Crippen LogP contribution is -2.35. The van der Waals surface area contributed by atoms with E-state index >= 15 is 0 Å². The number of halogens is 1. The third-order valence-corrected chi connectivity index (χ3v) is 2.84. The highest BCUT2D eigenvalue weighted by molar-refractivity contribution is 6.33. The van der Waals surface area contributed by atoms with E-state index in [4.69, 9.17) is 26.2 Å². The quantitative estimate of drug-likeness (QED) is 0.736. The van der Waals surface area contributed by atoms with Gasteiger partial charge in [0.25, 0.3) is 0 Å². The standard InChI is InChI=1S/C12H15ClO2.C7H13NO4/c1-8-5-6-9(10(13)7-8)11(14)15-12(2,3)4;1-7(2,3)12-6(11)8-4-5(9)10/h5-7H,1-4H3;4H2,1-3H3,(H,8,11)(H,9,10). The summed E-state index contributed by atoms with van der Waals surface area (Å²) in [6.45, 7) is 12.1. The number of nitrogens with one attached hydrogen (secondary N) is 1. The van der Waals surface area contributed by atoms with Crippen molar-refractivity contribution in [2.75, 3.05) is 6.54 Å². The van der Waals surface area contributed by atoms with Gasteiger partial charge in [-0.15, -0.1) is 0 Å². The maximum Gasteiger partial charge on any atom is 0.408 e. The normalized spacial score (nSPS) is 11.0. The number of hydrogen-bond donors (Lipinski definition) is 2. The number of aliphatic carboxylic acids is 1. The van der Waals surface area contributed by atoms with Crippen molar-refractivity contribution >= 4 is 29.6 Å². The molecule has 27 heavy (non-hydrogen) atoms. The molecule has 0 saturated heterocycles. The minimum Gasteiger partial charge on any atom is -0.480 e. The molecule has 1 aromatic rings. The summed E-state index contributed by atoms with van der Waals surface area (Å²) < 4.78 is 10.00. The van der Waals surface area contributed by atoms with Crippen LogP contribution in [-0.4, -0.2) is 40.9 Å². The van der Waals surface area contributed by atoms with E-state index in [1.165, 1.54) is 0 Å². The maximum absolute atomic E-state index is 11.7. The highest BCUT2D eigenvalue weighted by atomic mass is 35.5. The average Bonchev–Trinajstić information content (AvgIpc) is 2.42. The smallest absolute Gasteiger partial charge is 0.408 e. The number of rotatable bonds is 3. The van der Waals surface area contributed by atoms with Crippen LogP contribution in [-0.2, 0) is 14.3 Å². The number of carbonyl (C=O) groups is 3. The van der Waals surface area contributed by atoms with Crippen LogP contribution in [0.2, 0.25) is 5.02 Å². The lowest BCUT2D eigenvalue weighted by Gasteiger charge is -2.19. The fraction of sp³-hybridized carbons (Fsp3) is 0.526. The molecule has 0 aromatic heterocycles. The molecular weight excluding hydrogens is 374 g/mol. The second-order valence-corrected chi connectivity index (χ2v) is 8.14. The van der Waals surface area contributed by atoms with Crippen molar-refractivity contribution < 1.29 is 29.0 Å². The molecular formula is C19H28ClNO6. The Bertz CT molecular complexity index is 674. The fourth-order valence-corrected chi connectivity index (χ4v) is 1.89. The number of aryl methyl sites for hydroxylation is 1. The molecule has 0 aliphatic heterocycles. The number of alkyl carbamates (subject to hydrolysis) is 1. The first-order valence-corrected chi connectivity index (χ1v) is 8.66. The van der Waals surface area contributed by atoms with Crippen LogP contribution in [0.3, 0.4) is 0 Å². The lowest BCUT2D eigenvalue weighted by molar-refractivity contribution is -0.136. The van der Waals surface area contributed by atoms with Crippen LogP contribution in [0, 0.1) is 6.92 Å². The average molecular weight is 402 g/mol. The molecule has 0 atom stereocenters. The number of amides is 1. The summed E-state index contributed by atoms with van der Waals surface area (Å²) in [6, 6.07) is 5.28. The van der Waals surface area contributed by atoms with Crippen LogP contribution >= 0.6 is 11.6 Å². The molecule has 7 nitrogen and oxygen atoms in total. The predicted octanol–water partition coefficient (Wildman–Crippen LogP) is 4.20. The van der Waals surface area contributed by atoms with Gasteiger partial charge < -0.3 is 19.9 Å². The van der Waals surface area contributed by atoms with E-state index in [0.29, 0.717) is 10.6 Å². The molecule has 1 amide bonds. The van der Waals surface area contributed by atoms with Crippen molar-refractivity contribution in [3.05, 3.63) is 34.3 Å². The van der Waals surface area contributed by atoms with Crippen molar-refractivity contribution in [2.24, 2.45) is 0 Å². The van der Waals surface area contributed by atoms with Crippen LogP contribution in [0.4, 0.5) is 4.79 Å². The van der Waals surface area contributed by atoms with Crippen molar-refractivity contribution in [3.63, 3.8) is 0 Å². The molecule has 1 aromatic carbocycles. The molecule has 8 heteroatoms. The SMILES string of the molecule is CC(C)(C)OC(=O)NCC(=O)O.Cc1ccc(C(=O)OC(C)(C)C)c(Cl)c1. The third kappa shape index (κ3) is 12.7. The second kappa shape index (κ2) is 10.2. The van der Waals surface area contributed by atoms with Crippen molar-refractivity contribution in [3.8, 4) is 0 Å². The van der Waals surface area contributed by atoms with E-state index in [1.54, 1.807) is 32.9 Å². The number of benzene rings is 1.